The molecule has 2 aromatic carbocycles. The molecular formula is C24H28N2O8. The van der Waals surface area contributed by atoms with Gasteiger partial charge in [-0.1, -0.05) is 6.07 Å². The minimum Gasteiger partial charge on any atom is -0.504 e. The summed E-state index contributed by atoms with van der Waals surface area (Å²) in [7, 11) is 2.89. The molecule has 2 atom stereocenters. The van der Waals surface area contributed by atoms with Crippen LogP contribution in [0, 0.1) is 0 Å². The molecule has 1 aliphatic heterocycles. The molecule has 1 heterocycles. The zero-order valence-electron chi connectivity index (χ0n) is 18.9. The number of amides is 2. The number of nitrogens with one attached hydrogen (secondary N) is 2. The summed E-state index contributed by atoms with van der Waals surface area (Å²) in [5.41, 5.74) is 1.74. The number of aliphatic hydroxyl groups excluding tert-OH is 2. The monoisotopic (exact) mass is 472 g/mol. The van der Waals surface area contributed by atoms with Crippen LogP contribution in [0.1, 0.15) is 28.7 Å². The van der Waals surface area contributed by atoms with Gasteiger partial charge in [0, 0.05) is 24.7 Å². The number of carbonyl (C=O) groups is 2. The van der Waals surface area contributed by atoms with Crippen molar-refractivity contribution in [3.8, 4) is 23.0 Å². The molecule has 0 saturated carbocycles. The highest BCUT2D eigenvalue weighted by Crippen LogP contribution is 2.51. The summed E-state index contributed by atoms with van der Waals surface area (Å²) in [4.78, 5) is 25.0. The summed E-state index contributed by atoms with van der Waals surface area (Å²) in [5, 5.41) is 33.2. The van der Waals surface area contributed by atoms with Gasteiger partial charge in [-0.2, -0.15) is 0 Å². The minimum absolute atomic E-state index is 0.0486. The molecule has 1 aliphatic rings. The van der Waals surface area contributed by atoms with E-state index in [2.05, 4.69) is 10.6 Å². The lowest BCUT2D eigenvalue weighted by atomic mass is 9.89. The van der Waals surface area contributed by atoms with Crippen LogP contribution in [0.25, 0.3) is 6.08 Å². The number of phenolic OH excluding ortho intramolecular Hbond substituents is 1. The van der Waals surface area contributed by atoms with Crippen LogP contribution in [0.15, 0.2) is 36.4 Å². The predicted octanol–water partition coefficient (Wildman–Crippen LogP) is 0.857. The van der Waals surface area contributed by atoms with E-state index in [0.29, 0.717) is 28.2 Å². The molecule has 0 fully saturated rings. The molecule has 10 nitrogen and oxygen atoms in total. The number of rotatable bonds is 10. The SMILES string of the molecule is COc1cc([C@H]2Oc3c(OC)cc(/C=C/C(=O)NCCO)cc3[C@@H]2C(=O)NCCO)ccc1O. The van der Waals surface area contributed by atoms with E-state index >= 15 is 0 Å². The van der Waals surface area contributed by atoms with E-state index in [1.807, 2.05) is 0 Å². The summed E-state index contributed by atoms with van der Waals surface area (Å²) < 4.78 is 16.9. The van der Waals surface area contributed by atoms with E-state index in [1.54, 1.807) is 30.3 Å². The molecule has 0 spiro atoms. The smallest absolute Gasteiger partial charge is 0.244 e. The number of hydrogen-bond donors (Lipinski definition) is 5. The highest BCUT2D eigenvalue weighted by Gasteiger charge is 2.42. The molecule has 34 heavy (non-hydrogen) atoms. The number of fused-ring (bicyclic) bond motifs is 1. The van der Waals surface area contributed by atoms with E-state index in [4.69, 9.17) is 19.3 Å². The van der Waals surface area contributed by atoms with Crippen molar-refractivity contribution in [1.82, 2.24) is 10.6 Å². The van der Waals surface area contributed by atoms with Crippen molar-refractivity contribution in [2.75, 3.05) is 40.5 Å². The molecule has 0 aliphatic carbocycles. The van der Waals surface area contributed by atoms with Gasteiger partial charge in [-0.3, -0.25) is 9.59 Å². The molecule has 2 aromatic rings. The molecule has 0 saturated heterocycles. The van der Waals surface area contributed by atoms with Gasteiger partial charge in [-0.25, -0.2) is 0 Å². The van der Waals surface area contributed by atoms with Crippen LogP contribution in [0.2, 0.25) is 0 Å². The number of aliphatic hydroxyl groups is 2. The zero-order valence-corrected chi connectivity index (χ0v) is 18.9. The normalized spacial score (nSPS) is 16.6. The van der Waals surface area contributed by atoms with Crippen molar-refractivity contribution in [3.63, 3.8) is 0 Å². The predicted molar refractivity (Wildman–Crippen MR) is 123 cm³/mol. The summed E-state index contributed by atoms with van der Waals surface area (Å²) in [6, 6.07) is 8.10. The molecule has 3 rings (SSSR count). The number of ether oxygens (including phenoxy) is 3. The van der Waals surface area contributed by atoms with E-state index in [1.165, 1.54) is 26.4 Å². The molecule has 0 unspecified atom stereocenters. The Bertz CT molecular complexity index is 1070. The fourth-order valence-corrected chi connectivity index (χ4v) is 3.72. The fourth-order valence-electron chi connectivity index (χ4n) is 3.72. The highest BCUT2D eigenvalue weighted by molar-refractivity contribution is 5.92. The quantitative estimate of drug-likeness (QED) is 0.320. The van der Waals surface area contributed by atoms with Gasteiger partial charge >= 0.3 is 0 Å². The van der Waals surface area contributed by atoms with Crippen LogP contribution in [0.5, 0.6) is 23.0 Å². The van der Waals surface area contributed by atoms with E-state index in [9.17, 15) is 19.8 Å². The Hall–Kier alpha value is -3.76. The van der Waals surface area contributed by atoms with Gasteiger partial charge in [-0.15, -0.1) is 0 Å². The van der Waals surface area contributed by atoms with Crippen LogP contribution >= 0.6 is 0 Å². The van der Waals surface area contributed by atoms with Gasteiger partial charge in [0.15, 0.2) is 23.0 Å². The van der Waals surface area contributed by atoms with Gasteiger partial charge in [0.25, 0.3) is 0 Å². The summed E-state index contributed by atoms with van der Waals surface area (Å²) in [6.07, 6.45) is 2.12. The number of phenols is 1. The zero-order chi connectivity index (χ0) is 24.7. The first-order chi connectivity index (χ1) is 16.4. The average Bonchev–Trinajstić information content (AvgIpc) is 3.24. The Morgan fingerprint density at radius 1 is 1.03 bits per heavy atom. The largest absolute Gasteiger partial charge is 0.504 e. The molecule has 182 valence electrons. The Morgan fingerprint density at radius 3 is 2.41 bits per heavy atom. The summed E-state index contributed by atoms with van der Waals surface area (Å²) in [6.45, 7) is -0.190. The number of aromatic hydroxyl groups is 1. The van der Waals surface area contributed by atoms with Crippen LogP contribution in [0.4, 0.5) is 0 Å². The molecule has 0 aromatic heterocycles. The maximum atomic E-state index is 13.1. The average molecular weight is 472 g/mol. The van der Waals surface area contributed by atoms with Crippen molar-refractivity contribution < 1.29 is 39.1 Å². The lowest BCUT2D eigenvalue weighted by Crippen LogP contribution is -2.33. The molecule has 0 bridgehead atoms. The first kappa shape index (κ1) is 24.9. The van der Waals surface area contributed by atoms with Gasteiger partial charge < -0.3 is 40.2 Å². The first-order valence-electron chi connectivity index (χ1n) is 10.6. The van der Waals surface area contributed by atoms with Crippen molar-refractivity contribution >= 4 is 17.9 Å². The second kappa shape index (κ2) is 11.4. The molecular weight excluding hydrogens is 444 g/mol. The molecule has 5 N–H and O–H groups in total. The third kappa shape index (κ3) is 5.41. The topological polar surface area (TPSA) is 147 Å². The van der Waals surface area contributed by atoms with Gasteiger partial charge in [0.05, 0.1) is 27.4 Å². The van der Waals surface area contributed by atoms with E-state index < -0.39 is 12.0 Å². The van der Waals surface area contributed by atoms with Crippen molar-refractivity contribution in [2.45, 2.75) is 12.0 Å². The minimum atomic E-state index is -0.804. The summed E-state index contributed by atoms with van der Waals surface area (Å²) >= 11 is 0. The standard InChI is InChI=1S/C24H28N2O8/c1-32-18-13-15(4-5-17(18)29)22-21(24(31)26-8-10-28)16-11-14(3-6-20(30)25-7-9-27)12-19(33-2)23(16)34-22/h3-6,11-13,21-22,27-29H,7-10H2,1-2H3,(H,25,30)(H,26,31)/b6-3+/t21-,22+/m0/s1. The maximum Gasteiger partial charge on any atom is 0.244 e. The number of carbonyl (C=O) groups excluding carboxylic acids is 2. The highest BCUT2D eigenvalue weighted by atomic mass is 16.5. The Balaban J connectivity index is 2.04. The molecule has 2 amide bonds. The second-order valence-corrected chi connectivity index (χ2v) is 7.45. The van der Waals surface area contributed by atoms with E-state index in [-0.39, 0.29) is 49.6 Å². The summed E-state index contributed by atoms with van der Waals surface area (Å²) in [5.74, 6) is -0.610. The molecule has 0 radical (unpaired) electrons. The lowest BCUT2D eigenvalue weighted by Gasteiger charge is -2.20. The van der Waals surface area contributed by atoms with Crippen molar-refractivity contribution in [2.24, 2.45) is 0 Å². The van der Waals surface area contributed by atoms with Crippen molar-refractivity contribution in [3.05, 3.63) is 53.1 Å². The molecule has 10 heteroatoms. The number of methoxy groups -OCH3 is 2. The second-order valence-electron chi connectivity index (χ2n) is 7.45. The fraction of sp³-hybridized carbons (Fsp3) is 0.333. The van der Waals surface area contributed by atoms with Gasteiger partial charge in [0.1, 0.15) is 12.0 Å². The first-order valence-corrected chi connectivity index (χ1v) is 10.6. The van der Waals surface area contributed by atoms with Crippen LogP contribution in [-0.4, -0.2) is 67.7 Å². The van der Waals surface area contributed by atoms with Crippen LogP contribution in [-0.2, 0) is 9.59 Å². The Morgan fingerprint density at radius 2 is 1.74 bits per heavy atom. The van der Waals surface area contributed by atoms with Gasteiger partial charge in [0.2, 0.25) is 11.8 Å². The third-order valence-electron chi connectivity index (χ3n) is 5.27. The van der Waals surface area contributed by atoms with E-state index in [0.717, 1.165) is 0 Å². The Labute approximate surface area is 196 Å². The lowest BCUT2D eigenvalue weighted by molar-refractivity contribution is -0.124. The van der Waals surface area contributed by atoms with Crippen LogP contribution < -0.4 is 24.8 Å². The third-order valence-corrected chi connectivity index (χ3v) is 5.27. The van der Waals surface area contributed by atoms with Crippen molar-refractivity contribution in [1.29, 1.82) is 0 Å². The maximum absolute atomic E-state index is 13.1. The van der Waals surface area contributed by atoms with Crippen LogP contribution in [0.3, 0.4) is 0 Å². The Kier molecular flexibility index (Phi) is 8.34. The van der Waals surface area contributed by atoms with Gasteiger partial charge in [-0.05, 0) is 41.5 Å². The number of hydrogen-bond acceptors (Lipinski definition) is 8. The number of benzene rings is 2.